The number of carbonyl (C=O) groups is 2. The third-order valence-electron chi connectivity index (χ3n) is 9.40. The van der Waals surface area contributed by atoms with E-state index in [-0.39, 0.29) is 24.3 Å². The van der Waals surface area contributed by atoms with E-state index >= 15 is 0 Å². The first-order valence-corrected chi connectivity index (χ1v) is 18.7. The van der Waals surface area contributed by atoms with Crippen LogP contribution in [0.15, 0.2) is 60.8 Å². The Labute approximate surface area is 303 Å². The Balaban J connectivity index is 1.02. The molecule has 10 nitrogen and oxygen atoms in total. The third kappa shape index (κ3) is 7.54. The normalized spacial score (nSPS) is 21.1. The molecule has 0 spiro atoms. The summed E-state index contributed by atoms with van der Waals surface area (Å²) in [6.45, 7) is 17.0. The van der Waals surface area contributed by atoms with Crippen molar-refractivity contribution in [3.63, 3.8) is 0 Å². The van der Waals surface area contributed by atoms with E-state index in [1.54, 1.807) is 16.2 Å². The van der Waals surface area contributed by atoms with Gasteiger partial charge in [-0.05, 0) is 94.5 Å². The van der Waals surface area contributed by atoms with Gasteiger partial charge in [-0.1, -0.05) is 62.4 Å². The molecule has 5 aromatic rings. The maximum Gasteiger partial charge on any atom is 0.410 e. The first-order valence-electron chi connectivity index (χ1n) is 17.8. The lowest BCUT2D eigenvalue weighted by Crippen LogP contribution is -2.37. The number of aromatic nitrogens is 4. The first-order chi connectivity index (χ1) is 24.1. The minimum atomic E-state index is -0.547. The molecule has 4 atom stereocenters. The van der Waals surface area contributed by atoms with Crippen LogP contribution in [-0.2, 0) is 9.47 Å². The van der Waals surface area contributed by atoms with Crippen molar-refractivity contribution >= 4 is 33.9 Å². The van der Waals surface area contributed by atoms with Crippen molar-refractivity contribution in [1.29, 1.82) is 0 Å². The molecule has 5 heterocycles. The summed E-state index contributed by atoms with van der Waals surface area (Å²) in [5.41, 5.74) is 5.22. The van der Waals surface area contributed by atoms with E-state index in [4.69, 9.17) is 14.5 Å². The zero-order valence-corrected chi connectivity index (χ0v) is 31.6. The number of rotatable bonds is 5. The van der Waals surface area contributed by atoms with E-state index in [0.717, 1.165) is 67.7 Å². The van der Waals surface area contributed by atoms with Crippen molar-refractivity contribution in [2.75, 3.05) is 13.1 Å². The van der Waals surface area contributed by atoms with Gasteiger partial charge in [0.2, 0.25) is 0 Å². The lowest BCUT2D eigenvalue weighted by Gasteiger charge is -2.27. The lowest BCUT2D eigenvalue weighted by molar-refractivity contribution is 0.0204. The van der Waals surface area contributed by atoms with Crippen molar-refractivity contribution in [2.24, 2.45) is 11.8 Å². The maximum atomic E-state index is 13.0. The average molecular weight is 709 g/mol. The number of thiophene rings is 1. The molecule has 51 heavy (non-hydrogen) atoms. The van der Waals surface area contributed by atoms with Crippen molar-refractivity contribution in [3.05, 3.63) is 72.4 Å². The van der Waals surface area contributed by atoms with Crippen molar-refractivity contribution in [3.8, 4) is 32.8 Å². The predicted octanol–water partition coefficient (Wildman–Crippen LogP) is 9.98. The van der Waals surface area contributed by atoms with Crippen LogP contribution in [0, 0.1) is 11.8 Å². The Morgan fingerprint density at radius 3 is 1.73 bits per heavy atom. The average Bonchev–Trinajstić information content (AvgIpc) is 3.87. The molecule has 0 aliphatic carbocycles. The van der Waals surface area contributed by atoms with Gasteiger partial charge in [0.05, 0.1) is 29.5 Å². The number of imidazole rings is 2. The number of amides is 2. The molecule has 2 saturated heterocycles. The van der Waals surface area contributed by atoms with Crippen LogP contribution in [0.5, 0.6) is 0 Å². The second-order valence-electron chi connectivity index (χ2n) is 16.3. The SMILES string of the molecule is CC1CC(c2ncc(-c3ccc(-c4ccc(-c5cc6[nH]c([C@@H]7C[C@H](C)CN7C(=O)OC(C)(C)C)nc6s5)cc4)cc3)[nH]2)N(C(=O)OC(C)(C)C)C1. The van der Waals surface area contributed by atoms with Crippen molar-refractivity contribution in [2.45, 2.75) is 91.5 Å². The van der Waals surface area contributed by atoms with E-state index in [9.17, 15) is 9.59 Å². The summed E-state index contributed by atoms with van der Waals surface area (Å²) in [6.07, 6.45) is 2.96. The Hall–Kier alpha value is -4.64. The maximum absolute atomic E-state index is 13.0. The monoisotopic (exact) mass is 708 g/mol. The highest BCUT2D eigenvalue weighted by Gasteiger charge is 2.39. The van der Waals surface area contributed by atoms with Crippen LogP contribution in [0.3, 0.4) is 0 Å². The zero-order chi connectivity index (χ0) is 36.2. The van der Waals surface area contributed by atoms with Gasteiger partial charge in [0.1, 0.15) is 27.7 Å². The topological polar surface area (TPSA) is 116 Å². The Bertz CT molecular complexity index is 2000. The number of hydrogen-bond acceptors (Lipinski definition) is 7. The molecule has 2 aliphatic rings. The molecule has 2 aliphatic heterocycles. The molecule has 2 fully saturated rings. The van der Waals surface area contributed by atoms with Gasteiger partial charge in [0.25, 0.3) is 0 Å². The minimum Gasteiger partial charge on any atom is -0.444 e. The number of fused-ring (bicyclic) bond motifs is 1. The quantitative estimate of drug-likeness (QED) is 0.188. The summed E-state index contributed by atoms with van der Waals surface area (Å²) in [6, 6.07) is 18.9. The van der Waals surface area contributed by atoms with Gasteiger partial charge < -0.3 is 19.4 Å². The highest BCUT2D eigenvalue weighted by Crippen LogP contribution is 2.40. The van der Waals surface area contributed by atoms with E-state index in [0.29, 0.717) is 24.9 Å². The molecule has 0 saturated carbocycles. The standard InChI is InChI=1S/C40H48N6O4S/c1-23-17-31(45(21-23)37(47)49-39(3,4)5)34-41-20-30(43-34)27-13-9-25(10-14-27)26-11-15-28(16-12-26)33-19-29-36(51-33)44-35(42-29)32-18-24(2)22-46(32)38(48)50-40(6,7)8/h9-16,19-20,23-24,31-32H,17-18,21-22H2,1-8H3,(H,41,43)(H,42,44)/t23?,24-,31?,32-/m0/s1. The van der Waals surface area contributed by atoms with Crippen LogP contribution in [0.25, 0.3) is 43.2 Å². The number of carbonyl (C=O) groups excluding carboxylic acids is 2. The summed E-state index contributed by atoms with van der Waals surface area (Å²) in [4.78, 5) is 48.2. The predicted molar refractivity (Wildman–Crippen MR) is 201 cm³/mol. The zero-order valence-electron chi connectivity index (χ0n) is 30.7. The number of nitrogens with zero attached hydrogens (tertiary/aromatic N) is 4. The molecule has 7 rings (SSSR count). The fraction of sp³-hybridized carbons (Fsp3) is 0.450. The Kier molecular flexibility index (Phi) is 8.98. The molecule has 3 aromatic heterocycles. The van der Waals surface area contributed by atoms with Gasteiger partial charge in [0.15, 0.2) is 0 Å². The molecule has 268 valence electrons. The number of H-pyrrole nitrogens is 2. The van der Waals surface area contributed by atoms with Crippen LogP contribution in [-0.4, -0.2) is 66.2 Å². The molecule has 11 heteroatoms. The van der Waals surface area contributed by atoms with Gasteiger partial charge in [0, 0.05) is 18.0 Å². The van der Waals surface area contributed by atoms with Crippen LogP contribution in [0.1, 0.15) is 92.0 Å². The Morgan fingerprint density at radius 1 is 0.725 bits per heavy atom. The highest BCUT2D eigenvalue weighted by atomic mass is 32.1. The summed E-state index contributed by atoms with van der Waals surface area (Å²) in [7, 11) is 0. The summed E-state index contributed by atoms with van der Waals surface area (Å²) < 4.78 is 11.4. The van der Waals surface area contributed by atoms with Gasteiger partial charge >= 0.3 is 12.2 Å². The largest absolute Gasteiger partial charge is 0.444 e. The number of nitrogens with one attached hydrogen (secondary N) is 2. The van der Waals surface area contributed by atoms with Crippen LogP contribution in [0.4, 0.5) is 9.59 Å². The number of ether oxygens (including phenoxy) is 2. The fourth-order valence-corrected chi connectivity index (χ4v) is 8.11. The highest BCUT2D eigenvalue weighted by molar-refractivity contribution is 7.21. The minimum absolute atomic E-state index is 0.121. The molecule has 0 radical (unpaired) electrons. The molecule has 2 N–H and O–H groups in total. The van der Waals surface area contributed by atoms with E-state index in [1.165, 1.54) is 0 Å². The summed E-state index contributed by atoms with van der Waals surface area (Å²) in [5, 5.41) is 0. The molecular weight excluding hydrogens is 661 g/mol. The number of benzene rings is 2. The molecule has 2 amide bonds. The summed E-state index contributed by atoms with van der Waals surface area (Å²) in [5.74, 6) is 2.34. The first kappa shape index (κ1) is 34.8. The second-order valence-corrected chi connectivity index (χ2v) is 17.3. The Morgan fingerprint density at radius 2 is 1.22 bits per heavy atom. The molecule has 2 aromatic carbocycles. The molecule has 0 bridgehead atoms. The number of hydrogen-bond donors (Lipinski definition) is 2. The van der Waals surface area contributed by atoms with Crippen LogP contribution in [0.2, 0.25) is 0 Å². The second kappa shape index (κ2) is 13.2. The van der Waals surface area contributed by atoms with Gasteiger partial charge in [-0.25, -0.2) is 19.6 Å². The number of aromatic amines is 2. The fourth-order valence-electron chi connectivity index (χ4n) is 7.11. The number of likely N-dealkylation sites (tertiary alicyclic amines) is 2. The molecular formula is C40H48N6O4S. The van der Waals surface area contributed by atoms with Crippen LogP contribution < -0.4 is 0 Å². The van der Waals surface area contributed by atoms with Gasteiger partial charge in [-0.15, -0.1) is 11.3 Å². The smallest absolute Gasteiger partial charge is 0.410 e. The van der Waals surface area contributed by atoms with Crippen molar-refractivity contribution < 1.29 is 19.1 Å². The van der Waals surface area contributed by atoms with Gasteiger partial charge in [-0.3, -0.25) is 9.80 Å². The van der Waals surface area contributed by atoms with Crippen molar-refractivity contribution in [1.82, 2.24) is 29.7 Å². The van der Waals surface area contributed by atoms with Crippen LogP contribution >= 0.6 is 11.3 Å². The summed E-state index contributed by atoms with van der Waals surface area (Å²) >= 11 is 1.65. The van der Waals surface area contributed by atoms with E-state index in [2.05, 4.69) is 83.4 Å². The van der Waals surface area contributed by atoms with Gasteiger partial charge in [-0.2, -0.15) is 0 Å². The molecule has 2 unspecified atom stereocenters. The van der Waals surface area contributed by atoms with E-state index in [1.807, 2.05) is 52.6 Å². The van der Waals surface area contributed by atoms with E-state index < -0.39 is 11.2 Å². The lowest BCUT2D eigenvalue weighted by atomic mass is 10.0. The third-order valence-corrected chi connectivity index (χ3v) is 10.5.